The molecule has 0 aliphatic carbocycles. The van der Waals surface area contributed by atoms with E-state index in [1.807, 2.05) is 0 Å². The molecule has 72 valence electrons. The van der Waals surface area contributed by atoms with Crippen LogP contribution < -0.4 is 0 Å². The van der Waals surface area contributed by atoms with Crippen LogP contribution in [0.3, 0.4) is 0 Å². The van der Waals surface area contributed by atoms with Crippen LogP contribution in [0.2, 0.25) is 0 Å². The van der Waals surface area contributed by atoms with E-state index >= 15 is 0 Å². The first-order chi connectivity index (χ1) is 6.15. The molecule has 0 saturated carbocycles. The van der Waals surface area contributed by atoms with Crippen LogP contribution in [-0.4, -0.2) is 0 Å². The van der Waals surface area contributed by atoms with Crippen molar-refractivity contribution < 1.29 is 8.78 Å². The number of hydrogen-bond acceptors (Lipinski definition) is 0. The molecule has 0 heterocycles. The van der Waals surface area contributed by atoms with E-state index in [9.17, 15) is 8.78 Å². The molecular formula is C10H11F2I. The fraction of sp³-hybridized carbons (Fsp3) is 0.400. The van der Waals surface area contributed by atoms with E-state index in [2.05, 4.69) is 6.92 Å². The Morgan fingerprint density at radius 3 is 2.23 bits per heavy atom. The Kier molecular flexibility index (Phi) is 4.09. The zero-order chi connectivity index (χ0) is 9.84. The van der Waals surface area contributed by atoms with E-state index in [-0.39, 0.29) is 3.57 Å². The molecule has 0 atom stereocenters. The minimum Gasteiger partial charge on any atom is -0.206 e. The van der Waals surface area contributed by atoms with E-state index in [1.54, 1.807) is 22.6 Å². The lowest BCUT2D eigenvalue weighted by molar-refractivity contribution is 0.565. The van der Waals surface area contributed by atoms with E-state index in [0.717, 1.165) is 24.8 Å². The summed E-state index contributed by atoms with van der Waals surface area (Å²) >= 11 is 1.67. The summed E-state index contributed by atoms with van der Waals surface area (Å²) in [6, 6.07) is 2.83. The average molecular weight is 296 g/mol. The van der Waals surface area contributed by atoms with Crippen molar-refractivity contribution in [1.29, 1.82) is 0 Å². The molecule has 0 fully saturated rings. The predicted octanol–water partition coefficient (Wildman–Crippen LogP) is 3.91. The van der Waals surface area contributed by atoms with Crippen molar-refractivity contribution in [2.24, 2.45) is 0 Å². The first-order valence-corrected chi connectivity index (χ1v) is 5.36. The second kappa shape index (κ2) is 4.88. The number of halogens is 3. The molecule has 0 N–H and O–H groups in total. The van der Waals surface area contributed by atoms with Gasteiger partial charge in [-0.15, -0.1) is 0 Å². The highest BCUT2D eigenvalue weighted by Crippen LogP contribution is 2.18. The lowest BCUT2D eigenvalue weighted by atomic mass is 10.1. The van der Waals surface area contributed by atoms with Gasteiger partial charge in [0.2, 0.25) is 0 Å². The summed E-state index contributed by atoms with van der Waals surface area (Å²) in [5.74, 6) is -0.904. The molecule has 0 radical (unpaired) electrons. The first kappa shape index (κ1) is 10.9. The van der Waals surface area contributed by atoms with Gasteiger partial charge in [-0.1, -0.05) is 13.3 Å². The normalized spacial score (nSPS) is 10.5. The summed E-state index contributed by atoms with van der Waals surface area (Å²) in [5, 5.41) is 0. The average Bonchev–Trinajstić information content (AvgIpc) is 2.10. The van der Waals surface area contributed by atoms with Crippen LogP contribution in [0.15, 0.2) is 12.1 Å². The van der Waals surface area contributed by atoms with Crippen LogP contribution in [0.25, 0.3) is 0 Å². The van der Waals surface area contributed by atoms with Crippen molar-refractivity contribution in [3.63, 3.8) is 0 Å². The van der Waals surface area contributed by atoms with Gasteiger partial charge >= 0.3 is 0 Å². The number of rotatable bonds is 3. The fourth-order valence-electron chi connectivity index (χ4n) is 1.13. The minimum atomic E-state index is -0.452. The highest BCUT2D eigenvalue weighted by molar-refractivity contribution is 14.1. The van der Waals surface area contributed by atoms with Crippen LogP contribution in [0, 0.1) is 15.2 Å². The van der Waals surface area contributed by atoms with E-state index in [0.29, 0.717) is 0 Å². The zero-order valence-corrected chi connectivity index (χ0v) is 9.57. The van der Waals surface area contributed by atoms with E-state index < -0.39 is 11.6 Å². The summed E-state index contributed by atoms with van der Waals surface area (Å²) in [7, 11) is 0. The van der Waals surface area contributed by atoms with Crippen LogP contribution in [0.4, 0.5) is 8.78 Å². The highest BCUT2D eigenvalue weighted by Gasteiger charge is 2.07. The Morgan fingerprint density at radius 2 is 1.77 bits per heavy atom. The topological polar surface area (TPSA) is 0 Å². The van der Waals surface area contributed by atoms with Gasteiger partial charge < -0.3 is 0 Å². The third kappa shape index (κ3) is 2.90. The third-order valence-electron chi connectivity index (χ3n) is 1.86. The van der Waals surface area contributed by atoms with Crippen molar-refractivity contribution in [3.05, 3.63) is 32.9 Å². The van der Waals surface area contributed by atoms with Crippen molar-refractivity contribution >= 4 is 22.6 Å². The standard InChI is InChI=1S/C10H11F2I/c1-2-3-4-7-5-8(11)10(13)9(12)6-7/h5-6H,2-4H2,1H3. The van der Waals surface area contributed by atoms with E-state index in [1.165, 1.54) is 12.1 Å². The minimum absolute atomic E-state index is 0.0813. The molecule has 0 bridgehead atoms. The SMILES string of the molecule is CCCCc1cc(F)c(I)c(F)c1. The van der Waals surface area contributed by atoms with Gasteiger partial charge in [0, 0.05) is 0 Å². The maximum absolute atomic E-state index is 13.0. The first-order valence-electron chi connectivity index (χ1n) is 4.28. The van der Waals surface area contributed by atoms with E-state index in [4.69, 9.17) is 0 Å². The smallest absolute Gasteiger partial charge is 0.139 e. The fourth-order valence-corrected chi connectivity index (χ4v) is 1.44. The maximum Gasteiger partial charge on any atom is 0.139 e. The molecule has 13 heavy (non-hydrogen) atoms. The van der Waals surface area contributed by atoms with Crippen LogP contribution in [-0.2, 0) is 6.42 Å². The van der Waals surface area contributed by atoms with Gasteiger partial charge in [-0.3, -0.25) is 0 Å². The number of unbranched alkanes of at least 4 members (excludes halogenated alkanes) is 1. The van der Waals surface area contributed by atoms with Crippen molar-refractivity contribution in [2.45, 2.75) is 26.2 Å². The van der Waals surface area contributed by atoms with Gasteiger partial charge in [0.05, 0.1) is 3.57 Å². The molecule has 0 aliphatic rings. The lowest BCUT2D eigenvalue weighted by Crippen LogP contribution is -1.93. The van der Waals surface area contributed by atoms with Gasteiger partial charge in [0.15, 0.2) is 0 Å². The summed E-state index contributed by atoms with van der Waals surface area (Å²) in [6.45, 7) is 2.05. The van der Waals surface area contributed by atoms with Crippen molar-refractivity contribution in [2.75, 3.05) is 0 Å². The summed E-state index contributed by atoms with van der Waals surface area (Å²) in [5.41, 5.74) is 0.747. The Hall–Kier alpha value is -0.190. The van der Waals surface area contributed by atoms with Crippen LogP contribution >= 0.6 is 22.6 Å². The Labute approximate surface area is 90.5 Å². The van der Waals surface area contributed by atoms with Gasteiger partial charge in [-0.05, 0) is 53.1 Å². The largest absolute Gasteiger partial charge is 0.206 e. The Bertz CT molecular complexity index is 274. The monoisotopic (exact) mass is 296 g/mol. The van der Waals surface area contributed by atoms with Crippen LogP contribution in [0.5, 0.6) is 0 Å². The number of hydrogen-bond donors (Lipinski definition) is 0. The van der Waals surface area contributed by atoms with Gasteiger partial charge in [-0.2, -0.15) is 0 Å². The van der Waals surface area contributed by atoms with Crippen molar-refractivity contribution in [1.82, 2.24) is 0 Å². The second-order valence-electron chi connectivity index (χ2n) is 2.98. The van der Waals surface area contributed by atoms with Crippen LogP contribution in [0.1, 0.15) is 25.3 Å². The van der Waals surface area contributed by atoms with Gasteiger partial charge in [0.25, 0.3) is 0 Å². The molecule has 0 aromatic heterocycles. The predicted molar refractivity (Wildman–Crippen MR) is 57.7 cm³/mol. The van der Waals surface area contributed by atoms with Gasteiger partial charge in [0.1, 0.15) is 11.6 Å². The maximum atomic E-state index is 13.0. The summed E-state index contributed by atoms with van der Waals surface area (Å²) in [4.78, 5) is 0. The molecule has 1 aromatic rings. The molecule has 1 aromatic carbocycles. The van der Waals surface area contributed by atoms with Crippen molar-refractivity contribution in [3.8, 4) is 0 Å². The number of aryl methyl sites for hydroxylation is 1. The molecule has 1 rings (SSSR count). The molecule has 0 spiro atoms. The zero-order valence-electron chi connectivity index (χ0n) is 7.41. The quantitative estimate of drug-likeness (QED) is 0.586. The molecule has 0 amide bonds. The third-order valence-corrected chi connectivity index (χ3v) is 2.89. The lowest BCUT2D eigenvalue weighted by Gasteiger charge is -2.02. The molecule has 0 aliphatic heterocycles. The molecule has 0 saturated heterocycles. The Morgan fingerprint density at radius 1 is 1.23 bits per heavy atom. The highest BCUT2D eigenvalue weighted by atomic mass is 127. The summed E-state index contributed by atoms with van der Waals surface area (Å²) in [6.07, 6.45) is 2.76. The molecule has 3 heteroatoms. The Balaban J connectivity index is 2.86. The van der Waals surface area contributed by atoms with Gasteiger partial charge in [-0.25, -0.2) is 8.78 Å². The number of benzene rings is 1. The molecule has 0 unspecified atom stereocenters. The summed E-state index contributed by atoms with van der Waals surface area (Å²) < 4.78 is 26.1. The second-order valence-corrected chi connectivity index (χ2v) is 4.06. The molecular weight excluding hydrogens is 285 g/mol. The molecule has 0 nitrogen and oxygen atoms in total.